The van der Waals surface area contributed by atoms with E-state index in [1.807, 2.05) is 29.1 Å². The van der Waals surface area contributed by atoms with E-state index in [0.717, 1.165) is 16.3 Å². The third-order valence-corrected chi connectivity index (χ3v) is 5.94. The number of aromatic amines is 1. The maximum absolute atomic E-state index is 12.5. The Labute approximate surface area is 175 Å². The second-order valence-electron chi connectivity index (χ2n) is 6.31. The molecular weight excluding hydrogens is 406 g/mol. The highest BCUT2D eigenvalue weighted by atomic mass is 32.2. The first-order valence-corrected chi connectivity index (χ1v) is 10.8. The number of thiazole rings is 1. The highest BCUT2D eigenvalue weighted by Crippen LogP contribution is 2.24. The van der Waals surface area contributed by atoms with Crippen LogP contribution in [0.3, 0.4) is 0 Å². The molecule has 146 valence electrons. The zero-order valence-electron chi connectivity index (χ0n) is 15.5. The Morgan fingerprint density at radius 2 is 2.00 bits per heavy atom. The van der Waals surface area contributed by atoms with Gasteiger partial charge in [-0.2, -0.15) is 0 Å². The van der Waals surface area contributed by atoms with Crippen LogP contribution in [0.1, 0.15) is 34.9 Å². The number of carbonyl (C=O) groups excluding carboxylic acids is 1. The lowest BCUT2D eigenvalue weighted by molar-refractivity contribution is 0.0320. The summed E-state index contributed by atoms with van der Waals surface area (Å²) in [5, 5.41) is 2.52. The number of nitrogens with one attached hydrogen (secondary N) is 1. The first-order valence-electron chi connectivity index (χ1n) is 8.90. The zero-order chi connectivity index (χ0) is 20.2. The number of esters is 1. The third kappa shape index (κ3) is 4.55. The maximum Gasteiger partial charge on any atom is 0.338 e. The maximum atomic E-state index is 12.5. The van der Waals surface area contributed by atoms with Crippen LogP contribution in [-0.4, -0.2) is 20.9 Å². The molecule has 2 aromatic heterocycles. The van der Waals surface area contributed by atoms with Crippen molar-refractivity contribution < 1.29 is 9.53 Å². The van der Waals surface area contributed by atoms with Gasteiger partial charge in [0.25, 0.3) is 5.56 Å². The number of hydrogen-bond donors (Lipinski definition) is 1. The number of hydrogen-bond acceptors (Lipinski definition) is 7. The van der Waals surface area contributed by atoms with Crippen LogP contribution >= 0.6 is 23.1 Å². The molecule has 0 aliphatic carbocycles. The van der Waals surface area contributed by atoms with Gasteiger partial charge in [0.05, 0.1) is 27.7 Å². The molecule has 29 heavy (non-hydrogen) atoms. The molecule has 1 N–H and O–H groups in total. The summed E-state index contributed by atoms with van der Waals surface area (Å²) in [6.45, 7) is 1.68. The molecule has 4 rings (SSSR count). The van der Waals surface area contributed by atoms with Crippen molar-refractivity contribution in [1.82, 2.24) is 15.0 Å². The number of ether oxygens (including phenoxy) is 1. The second-order valence-corrected chi connectivity index (χ2v) is 8.08. The number of aromatic nitrogens is 3. The van der Waals surface area contributed by atoms with E-state index in [9.17, 15) is 9.59 Å². The number of para-hydroxylation sites is 1. The van der Waals surface area contributed by atoms with Gasteiger partial charge in [-0.05, 0) is 43.3 Å². The number of fused-ring (bicyclic) bond motifs is 1. The van der Waals surface area contributed by atoms with Crippen LogP contribution in [0.2, 0.25) is 0 Å². The minimum atomic E-state index is -0.682. The fourth-order valence-corrected chi connectivity index (χ4v) is 4.20. The summed E-state index contributed by atoms with van der Waals surface area (Å²) in [7, 11) is 0. The molecule has 2 aromatic carbocycles. The average Bonchev–Trinajstić information content (AvgIpc) is 3.26. The molecule has 0 saturated carbocycles. The van der Waals surface area contributed by atoms with Crippen LogP contribution in [0, 0.1) is 0 Å². The molecule has 2 heterocycles. The number of nitrogens with zero attached hydrogens (tertiary/aromatic N) is 2. The van der Waals surface area contributed by atoms with Crippen molar-refractivity contribution in [2.75, 3.05) is 0 Å². The van der Waals surface area contributed by atoms with Gasteiger partial charge in [-0.1, -0.05) is 12.1 Å². The van der Waals surface area contributed by atoms with Gasteiger partial charge >= 0.3 is 5.97 Å². The van der Waals surface area contributed by atoms with Gasteiger partial charge in [0.1, 0.15) is 0 Å². The molecule has 4 aromatic rings. The van der Waals surface area contributed by atoms with Gasteiger partial charge in [-0.25, -0.2) is 14.8 Å². The van der Waals surface area contributed by atoms with E-state index in [-0.39, 0.29) is 5.56 Å². The predicted molar refractivity (Wildman–Crippen MR) is 114 cm³/mol. The quantitative estimate of drug-likeness (QED) is 0.361. The van der Waals surface area contributed by atoms with E-state index in [0.29, 0.717) is 22.3 Å². The molecule has 0 saturated heterocycles. The molecular formula is C21H17N3O3S2. The monoisotopic (exact) mass is 423 g/mol. The van der Waals surface area contributed by atoms with E-state index in [1.165, 1.54) is 0 Å². The van der Waals surface area contributed by atoms with Crippen molar-refractivity contribution in [2.24, 2.45) is 0 Å². The number of carbonyl (C=O) groups is 1. The first kappa shape index (κ1) is 19.4. The minimum Gasteiger partial charge on any atom is -0.451 e. The van der Waals surface area contributed by atoms with Gasteiger partial charge < -0.3 is 9.72 Å². The second kappa shape index (κ2) is 8.59. The number of benzene rings is 2. The molecule has 1 atom stereocenters. The van der Waals surface area contributed by atoms with Crippen molar-refractivity contribution >= 4 is 40.0 Å². The van der Waals surface area contributed by atoms with Crippen LogP contribution in [-0.2, 0) is 10.5 Å². The van der Waals surface area contributed by atoms with Crippen LogP contribution in [0.5, 0.6) is 0 Å². The summed E-state index contributed by atoms with van der Waals surface area (Å²) in [6, 6.07) is 14.3. The van der Waals surface area contributed by atoms with Crippen molar-refractivity contribution in [3.63, 3.8) is 0 Å². The molecule has 0 spiro atoms. The van der Waals surface area contributed by atoms with Gasteiger partial charge in [0, 0.05) is 16.0 Å². The molecule has 0 bridgehead atoms. The lowest BCUT2D eigenvalue weighted by Gasteiger charge is -2.13. The lowest BCUT2D eigenvalue weighted by atomic mass is 10.2. The van der Waals surface area contributed by atoms with E-state index >= 15 is 0 Å². The normalized spacial score (nSPS) is 12.0. The number of rotatable bonds is 6. The summed E-state index contributed by atoms with van der Waals surface area (Å²) < 4.78 is 5.50. The van der Waals surface area contributed by atoms with Gasteiger partial charge in [0.2, 0.25) is 0 Å². The summed E-state index contributed by atoms with van der Waals surface area (Å²) in [6.07, 6.45) is -0.682. The van der Waals surface area contributed by atoms with Crippen LogP contribution in [0.25, 0.3) is 10.9 Å². The zero-order valence-corrected chi connectivity index (χ0v) is 17.1. The molecule has 0 aliphatic heterocycles. The Balaban J connectivity index is 1.42. The van der Waals surface area contributed by atoms with E-state index in [2.05, 4.69) is 15.0 Å². The fraction of sp³-hybridized carbons (Fsp3) is 0.143. The van der Waals surface area contributed by atoms with Crippen molar-refractivity contribution in [2.45, 2.75) is 23.7 Å². The van der Waals surface area contributed by atoms with Crippen LogP contribution in [0.15, 0.2) is 69.1 Å². The van der Waals surface area contributed by atoms with Crippen LogP contribution < -0.4 is 5.56 Å². The van der Waals surface area contributed by atoms with Crippen LogP contribution in [0.4, 0.5) is 0 Å². The third-order valence-electron chi connectivity index (χ3n) is 4.26. The largest absolute Gasteiger partial charge is 0.451 e. The van der Waals surface area contributed by atoms with E-state index in [1.54, 1.807) is 60.4 Å². The standard InChI is InChI=1S/C21H17N3O3S2/c1-13(19-23-18-5-3-2-4-17(18)20(25)24-19)27-21(26)14-6-8-16(9-7-14)29-11-15-10-28-12-22-15/h2-10,12-13H,11H2,1H3,(H,23,24,25)/t13-/m1/s1. The fourth-order valence-electron chi connectivity index (χ4n) is 2.73. The van der Waals surface area contributed by atoms with E-state index < -0.39 is 12.1 Å². The Bertz CT molecular complexity index is 1190. The Morgan fingerprint density at radius 1 is 1.21 bits per heavy atom. The van der Waals surface area contributed by atoms with Crippen molar-refractivity contribution in [3.05, 3.63) is 86.9 Å². The summed E-state index contributed by atoms with van der Waals surface area (Å²) in [5.74, 6) is 0.632. The van der Waals surface area contributed by atoms with Gasteiger partial charge in [-0.3, -0.25) is 4.79 Å². The Morgan fingerprint density at radius 3 is 2.76 bits per heavy atom. The highest BCUT2D eigenvalue weighted by Gasteiger charge is 2.17. The van der Waals surface area contributed by atoms with E-state index in [4.69, 9.17) is 4.74 Å². The van der Waals surface area contributed by atoms with Gasteiger partial charge in [-0.15, -0.1) is 23.1 Å². The Hall–Kier alpha value is -2.97. The van der Waals surface area contributed by atoms with Crippen molar-refractivity contribution in [1.29, 1.82) is 0 Å². The molecule has 6 nitrogen and oxygen atoms in total. The first-order chi connectivity index (χ1) is 14.1. The predicted octanol–water partition coefficient (Wildman–Crippen LogP) is 4.59. The summed E-state index contributed by atoms with van der Waals surface area (Å²) >= 11 is 3.23. The molecule has 8 heteroatoms. The number of H-pyrrole nitrogens is 1. The minimum absolute atomic E-state index is 0.255. The topological polar surface area (TPSA) is 84.9 Å². The SMILES string of the molecule is C[C@@H](OC(=O)c1ccc(SCc2cscn2)cc1)c1nc2ccccc2c(=O)[nH]1. The average molecular weight is 424 g/mol. The highest BCUT2D eigenvalue weighted by molar-refractivity contribution is 7.98. The van der Waals surface area contributed by atoms with Gasteiger partial charge in [0.15, 0.2) is 11.9 Å². The smallest absolute Gasteiger partial charge is 0.338 e. The Kier molecular flexibility index (Phi) is 5.73. The summed E-state index contributed by atoms with van der Waals surface area (Å²) in [4.78, 5) is 37.1. The molecule has 0 unspecified atom stereocenters. The molecule has 0 aliphatic rings. The molecule has 0 amide bonds. The summed E-state index contributed by atoms with van der Waals surface area (Å²) in [5.41, 5.74) is 3.60. The molecule has 0 fully saturated rings. The lowest BCUT2D eigenvalue weighted by Crippen LogP contribution is -2.17. The van der Waals surface area contributed by atoms with Crippen molar-refractivity contribution in [3.8, 4) is 0 Å². The molecule has 0 radical (unpaired) electrons. The number of thioether (sulfide) groups is 1.